The lowest BCUT2D eigenvalue weighted by Crippen LogP contribution is -2.47. The maximum Gasteiger partial charge on any atom is 0.106 e. The van der Waals surface area contributed by atoms with Crippen molar-refractivity contribution in [3.63, 3.8) is 0 Å². The molecule has 128 valence electrons. The Balaban J connectivity index is 1.81. The molecule has 2 atom stereocenters. The molecule has 0 radical (unpaired) electrons. The molecule has 1 aromatic heterocycles. The zero-order valence-electron chi connectivity index (χ0n) is 14.2. The van der Waals surface area contributed by atoms with Gasteiger partial charge in [-0.3, -0.25) is 0 Å². The Morgan fingerprint density at radius 1 is 1.29 bits per heavy atom. The molecule has 1 aliphatic heterocycles. The number of nitrogens with zero attached hydrogens (tertiary/aromatic N) is 3. The highest BCUT2D eigenvalue weighted by molar-refractivity contribution is 5.45. The minimum atomic E-state index is -0.548. The first kappa shape index (κ1) is 15.7. The van der Waals surface area contributed by atoms with Crippen molar-refractivity contribution in [2.45, 2.75) is 49.8 Å². The predicted octanol–water partition coefficient (Wildman–Crippen LogP) is 1.06. The normalized spacial score (nSPS) is 25.8. The summed E-state index contributed by atoms with van der Waals surface area (Å²) < 4.78 is 1.80. The van der Waals surface area contributed by atoms with Gasteiger partial charge in [0.25, 0.3) is 0 Å². The number of hydrogen-bond acceptors (Lipinski definition) is 5. The van der Waals surface area contributed by atoms with E-state index in [9.17, 15) is 5.11 Å². The third kappa shape index (κ3) is 2.21. The fourth-order valence-electron chi connectivity index (χ4n) is 4.27. The van der Waals surface area contributed by atoms with Gasteiger partial charge in [0.2, 0.25) is 0 Å². The molecule has 1 aromatic carbocycles. The number of fused-ring (bicyclic) bond motifs is 2. The Morgan fingerprint density at radius 3 is 2.67 bits per heavy atom. The molecule has 4 rings (SSSR count). The van der Waals surface area contributed by atoms with Gasteiger partial charge in [0, 0.05) is 5.41 Å². The zero-order valence-corrected chi connectivity index (χ0v) is 14.2. The number of rotatable bonds is 2. The van der Waals surface area contributed by atoms with E-state index in [1.54, 1.807) is 4.68 Å². The minimum Gasteiger partial charge on any atom is -0.390 e. The second kappa shape index (κ2) is 5.37. The third-order valence-electron chi connectivity index (χ3n) is 5.63. The molecule has 6 heteroatoms. The Bertz CT molecular complexity index is 742. The van der Waals surface area contributed by atoms with Gasteiger partial charge in [0.1, 0.15) is 11.7 Å². The molecular weight excluding hydrogens is 302 g/mol. The molecule has 2 aliphatic rings. The number of aromatic nitrogens is 3. The molecule has 2 aromatic rings. The average molecular weight is 327 g/mol. The molecule has 1 fully saturated rings. The number of benzene rings is 1. The topological polar surface area (TPSA) is 89.0 Å². The molecule has 4 N–H and O–H groups in total. The van der Waals surface area contributed by atoms with Crippen molar-refractivity contribution in [2.24, 2.45) is 5.73 Å². The van der Waals surface area contributed by atoms with Crippen LogP contribution in [0.1, 0.15) is 49.6 Å². The molecule has 0 saturated carbocycles. The van der Waals surface area contributed by atoms with Crippen LogP contribution in [0, 0.1) is 0 Å². The molecular formula is C18H25N5O. The van der Waals surface area contributed by atoms with E-state index < -0.39 is 11.6 Å². The van der Waals surface area contributed by atoms with E-state index in [1.807, 2.05) is 26.1 Å². The maximum atomic E-state index is 11.3. The third-order valence-corrected chi connectivity index (χ3v) is 5.63. The largest absolute Gasteiger partial charge is 0.390 e. The molecule has 6 nitrogen and oxygen atoms in total. The monoisotopic (exact) mass is 327 g/mol. The number of nitrogens with one attached hydrogen (secondary N) is 1. The highest BCUT2D eigenvalue weighted by Crippen LogP contribution is 2.51. The summed E-state index contributed by atoms with van der Waals surface area (Å²) in [4.78, 5) is 0. The van der Waals surface area contributed by atoms with Crippen LogP contribution in [-0.4, -0.2) is 39.3 Å². The van der Waals surface area contributed by atoms with Crippen molar-refractivity contribution < 1.29 is 5.11 Å². The average Bonchev–Trinajstić information content (AvgIpc) is 3.13. The van der Waals surface area contributed by atoms with E-state index in [2.05, 4.69) is 33.8 Å². The van der Waals surface area contributed by atoms with Crippen molar-refractivity contribution in [2.75, 3.05) is 13.1 Å². The van der Waals surface area contributed by atoms with Gasteiger partial charge in [-0.15, -0.1) is 5.10 Å². The lowest BCUT2D eigenvalue weighted by atomic mass is 9.72. The van der Waals surface area contributed by atoms with Gasteiger partial charge in [-0.05, 0) is 50.9 Å². The van der Waals surface area contributed by atoms with Gasteiger partial charge in [-0.1, -0.05) is 29.5 Å². The first-order valence-corrected chi connectivity index (χ1v) is 8.63. The first-order valence-electron chi connectivity index (χ1n) is 8.63. The summed E-state index contributed by atoms with van der Waals surface area (Å²) in [6, 6.07) is 8.16. The van der Waals surface area contributed by atoms with Crippen LogP contribution in [-0.2, 0) is 11.0 Å². The van der Waals surface area contributed by atoms with E-state index in [0.717, 1.165) is 37.2 Å². The summed E-state index contributed by atoms with van der Waals surface area (Å²) in [5.74, 6) is 0. The van der Waals surface area contributed by atoms with E-state index in [-0.39, 0.29) is 11.5 Å². The van der Waals surface area contributed by atoms with Crippen LogP contribution >= 0.6 is 0 Å². The SMILES string of the molecule is CC(C)(N)c1cn([C@@H]2c3ccccc3C3(CCNCC3)[C@H]2O)nn1. The Kier molecular flexibility index (Phi) is 3.53. The van der Waals surface area contributed by atoms with Crippen LogP contribution in [0.3, 0.4) is 0 Å². The first-order chi connectivity index (χ1) is 11.4. The second-order valence-electron chi connectivity index (χ2n) is 7.69. The van der Waals surface area contributed by atoms with Gasteiger partial charge in [0.15, 0.2) is 0 Å². The number of nitrogens with two attached hydrogens (primary N) is 1. The van der Waals surface area contributed by atoms with Gasteiger partial charge >= 0.3 is 0 Å². The summed E-state index contributed by atoms with van der Waals surface area (Å²) in [5.41, 5.74) is 8.55. The van der Waals surface area contributed by atoms with Crippen molar-refractivity contribution in [1.82, 2.24) is 20.3 Å². The lowest BCUT2D eigenvalue weighted by molar-refractivity contribution is 0.0421. The fourth-order valence-corrected chi connectivity index (χ4v) is 4.27. The fraction of sp³-hybridized carbons (Fsp3) is 0.556. The van der Waals surface area contributed by atoms with Crippen LogP contribution in [0.4, 0.5) is 0 Å². The summed E-state index contributed by atoms with van der Waals surface area (Å²) in [7, 11) is 0. The number of hydrogen-bond donors (Lipinski definition) is 3. The Morgan fingerprint density at radius 2 is 2.00 bits per heavy atom. The van der Waals surface area contributed by atoms with Crippen LogP contribution in [0.2, 0.25) is 0 Å². The smallest absolute Gasteiger partial charge is 0.106 e. The van der Waals surface area contributed by atoms with Crippen LogP contribution in [0.15, 0.2) is 30.5 Å². The summed E-state index contributed by atoms with van der Waals surface area (Å²) in [6.07, 6.45) is 3.24. The molecule has 24 heavy (non-hydrogen) atoms. The molecule has 1 saturated heterocycles. The minimum absolute atomic E-state index is 0.198. The molecule has 0 amide bonds. The number of aliphatic hydroxyl groups excluding tert-OH is 1. The van der Waals surface area contributed by atoms with E-state index in [0.29, 0.717) is 0 Å². The molecule has 2 heterocycles. The molecule has 1 aliphatic carbocycles. The Labute approximate surface area is 142 Å². The molecule has 0 bridgehead atoms. The highest BCUT2D eigenvalue weighted by atomic mass is 16.3. The van der Waals surface area contributed by atoms with Gasteiger partial charge < -0.3 is 16.2 Å². The molecule has 0 unspecified atom stereocenters. The summed E-state index contributed by atoms with van der Waals surface area (Å²) >= 11 is 0. The van der Waals surface area contributed by atoms with Crippen molar-refractivity contribution in [1.29, 1.82) is 0 Å². The quantitative estimate of drug-likeness (QED) is 0.767. The number of aliphatic hydroxyl groups is 1. The van der Waals surface area contributed by atoms with Gasteiger partial charge in [0.05, 0.1) is 17.8 Å². The van der Waals surface area contributed by atoms with E-state index >= 15 is 0 Å². The molecule has 1 spiro atoms. The van der Waals surface area contributed by atoms with Gasteiger partial charge in [-0.2, -0.15) is 0 Å². The maximum absolute atomic E-state index is 11.3. The van der Waals surface area contributed by atoms with Crippen LogP contribution < -0.4 is 11.1 Å². The van der Waals surface area contributed by atoms with Gasteiger partial charge in [-0.25, -0.2) is 4.68 Å². The lowest BCUT2D eigenvalue weighted by Gasteiger charge is -2.38. The van der Waals surface area contributed by atoms with E-state index in [4.69, 9.17) is 5.73 Å². The van der Waals surface area contributed by atoms with Crippen LogP contribution in [0.5, 0.6) is 0 Å². The highest BCUT2D eigenvalue weighted by Gasteiger charge is 2.52. The van der Waals surface area contributed by atoms with Crippen LogP contribution in [0.25, 0.3) is 0 Å². The van der Waals surface area contributed by atoms with Crippen molar-refractivity contribution in [3.05, 3.63) is 47.3 Å². The standard InChI is InChI=1S/C18H25N5O/c1-17(2,19)14-11-23(22-21-14)15-12-5-3-4-6-13(12)18(16(15)24)7-9-20-10-8-18/h3-6,11,15-16,20,24H,7-10,19H2,1-2H3/t15-,16+/m1/s1. The predicted molar refractivity (Wildman–Crippen MR) is 91.6 cm³/mol. The van der Waals surface area contributed by atoms with E-state index in [1.165, 1.54) is 5.56 Å². The summed E-state index contributed by atoms with van der Waals surface area (Å²) in [6.45, 7) is 5.68. The Hall–Kier alpha value is -1.76. The second-order valence-corrected chi connectivity index (χ2v) is 7.69. The van der Waals surface area contributed by atoms with Crippen molar-refractivity contribution in [3.8, 4) is 0 Å². The number of piperidine rings is 1. The van der Waals surface area contributed by atoms with Crippen molar-refractivity contribution >= 4 is 0 Å². The zero-order chi connectivity index (χ0) is 16.9. The summed E-state index contributed by atoms with van der Waals surface area (Å²) in [5, 5.41) is 23.2.